The van der Waals surface area contributed by atoms with Crippen molar-refractivity contribution < 1.29 is 4.79 Å². The smallest absolute Gasteiger partial charge is 0.251 e. The molecule has 2 aromatic rings. The first kappa shape index (κ1) is 14.1. The molecule has 0 aliphatic heterocycles. The number of rotatable bonds is 3. The highest BCUT2D eigenvalue weighted by atomic mass is 16.2. The van der Waals surface area contributed by atoms with Crippen molar-refractivity contribution in [3.05, 3.63) is 69.1 Å². The Bertz CT molecular complexity index is 702. The molecule has 0 spiro atoms. The summed E-state index contributed by atoms with van der Waals surface area (Å²) in [6.07, 6.45) is 1.59. The first-order valence-corrected chi connectivity index (χ1v) is 6.48. The van der Waals surface area contributed by atoms with Gasteiger partial charge in [0.25, 0.3) is 11.5 Å². The molecule has 0 saturated heterocycles. The summed E-state index contributed by atoms with van der Waals surface area (Å²) in [6.45, 7) is 4.52. The lowest BCUT2D eigenvalue weighted by Crippen LogP contribution is -2.26. The Morgan fingerprint density at radius 3 is 2.60 bits per heavy atom. The van der Waals surface area contributed by atoms with Crippen LogP contribution in [0, 0.1) is 13.8 Å². The van der Waals surface area contributed by atoms with Gasteiger partial charge in [-0.1, -0.05) is 23.8 Å². The van der Waals surface area contributed by atoms with Crippen LogP contribution in [0.15, 0.2) is 41.3 Å². The van der Waals surface area contributed by atoms with Gasteiger partial charge in [-0.3, -0.25) is 9.59 Å². The lowest BCUT2D eigenvalue weighted by atomic mass is 10.1. The fourth-order valence-electron chi connectivity index (χ4n) is 2.01. The second-order valence-corrected chi connectivity index (χ2v) is 4.98. The molecule has 4 nitrogen and oxygen atoms in total. The molecule has 1 amide bonds. The van der Waals surface area contributed by atoms with Crippen LogP contribution >= 0.6 is 0 Å². The van der Waals surface area contributed by atoms with E-state index in [1.54, 1.807) is 19.3 Å². The lowest BCUT2D eigenvalue weighted by Gasteiger charge is -2.09. The van der Waals surface area contributed by atoms with E-state index in [1.807, 2.05) is 26.0 Å². The summed E-state index contributed by atoms with van der Waals surface area (Å²) in [5.74, 6) is -0.234. The summed E-state index contributed by atoms with van der Waals surface area (Å²) in [4.78, 5) is 23.5. The number of benzene rings is 1. The van der Waals surface area contributed by atoms with Gasteiger partial charge in [0.1, 0.15) is 0 Å². The summed E-state index contributed by atoms with van der Waals surface area (Å²) >= 11 is 0. The van der Waals surface area contributed by atoms with E-state index in [-0.39, 0.29) is 11.5 Å². The summed E-state index contributed by atoms with van der Waals surface area (Å²) in [6, 6.07) is 9.09. The number of carbonyl (C=O) groups excluding carboxylic acids is 1. The summed E-state index contributed by atoms with van der Waals surface area (Å²) in [7, 11) is 1.65. The van der Waals surface area contributed by atoms with Crippen LogP contribution in [0.5, 0.6) is 0 Å². The molecule has 2 rings (SSSR count). The molecule has 0 fully saturated rings. The molecule has 1 N–H and O–H groups in total. The molecule has 0 radical (unpaired) electrons. The van der Waals surface area contributed by atoms with Crippen LogP contribution in [-0.2, 0) is 13.6 Å². The highest BCUT2D eigenvalue weighted by molar-refractivity contribution is 5.93. The van der Waals surface area contributed by atoms with Crippen LogP contribution in [-0.4, -0.2) is 10.5 Å². The Morgan fingerprint density at radius 1 is 1.20 bits per heavy atom. The van der Waals surface area contributed by atoms with E-state index in [2.05, 4.69) is 11.4 Å². The molecule has 104 valence electrons. The van der Waals surface area contributed by atoms with Crippen molar-refractivity contribution in [3.8, 4) is 0 Å². The van der Waals surface area contributed by atoms with E-state index in [0.29, 0.717) is 12.1 Å². The minimum absolute atomic E-state index is 0.191. The van der Waals surface area contributed by atoms with Crippen LogP contribution < -0.4 is 10.9 Å². The molecule has 20 heavy (non-hydrogen) atoms. The summed E-state index contributed by atoms with van der Waals surface area (Å²) in [5.41, 5.74) is 3.62. The molecule has 0 aliphatic rings. The van der Waals surface area contributed by atoms with Crippen molar-refractivity contribution in [2.24, 2.45) is 7.05 Å². The van der Waals surface area contributed by atoms with Gasteiger partial charge in [0.05, 0.1) is 0 Å². The highest BCUT2D eigenvalue weighted by Gasteiger charge is 2.07. The minimum atomic E-state index is -0.234. The first-order chi connectivity index (χ1) is 9.47. The number of pyridine rings is 1. The Balaban J connectivity index is 2.08. The van der Waals surface area contributed by atoms with Crippen LogP contribution in [0.3, 0.4) is 0 Å². The van der Waals surface area contributed by atoms with Gasteiger partial charge in [0, 0.05) is 31.4 Å². The van der Waals surface area contributed by atoms with E-state index in [9.17, 15) is 9.59 Å². The maximum absolute atomic E-state index is 12.0. The maximum atomic E-state index is 12.0. The van der Waals surface area contributed by atoms with Crippen LogP contribution in [0.25, 0.3) is 0 Å². The number of aromatic nitrogens is 1. The zero-order valence-electron chi connectivity index (χ0n) is 11.9. The Hall–Kier alpha value is -2.36. The van der Waals surface area contributed by atoms with E-state index in [0.717, 1.165) is 11.1 Å². The van der Waals surface area contributed by atoms with Crippen molar-refractivity contribution in [1.29, 1.82) is 0 Å². The molecule has 0 unspecified atom stereocenters. The van der Waals surface area contributed by atoms with Gasteiger partial charge in [-0.25, -0.2) is 0 Å². The number of hydrogen-bond donors (Lipinski definition) is 1. The first-order valence-electron chi connectivity index (χ1n) is 6.48. The van der Waals surface area contributed by atoms with Gasteiger partial charge in [0.2, 0.25) is 0 Å². The topological polar surface area (TPSA) is 51.1 Å². The second kappa shape index (κ2) is 5.74. The molecule has 1 heterocycles. The van der Waals surface area contributed by atoms with Crippen LogP contribution in [0.4, 0.5) is 0 Å². The Kier molecular flexibility index (Phi) is 4.03. The largest absolute Gasteiger partial charge is 0.348 e. The summed E-state index contributed by atoms with van der Waals surface area (Å²) in [5, 5.41) is 2.84. The Labute approximate surface area is 118 Å². The zero-order chi connectivity index (χ0) is 14.7. The van der Waals surface area contributed by atoms with Gasteiger partial charge in [-0.15, -0.1) is 0 Å². The normalized spacial score (nSPS) is 10.3. The minimum Gasteiger partial charge on any atom is -0.348 e. The average Bonchev–Trinajstić information content (AvgIpc) is 2.40. The van der Waals surface area contributed by atoms with E-state index in [4.69, 9.17) is 0 Å². The average molecular weight is 270 g/mol. The molecule has 0 saturated carbocycles. The zero-order valence-corrected chi connectivity index (χ0v) is 11.9. The van der Waals surface area contributed by atoms with Gasteiger partial charge in [-0.2, -0.15) is 0 Å². The van der Waals surface area contributed by atoms with Crippen molar-refractivity contribution in [1.82, 2.24) is 9.88 Å². The molecular weight excluding hydrogens is 252 g/mol. The number of hydrogen-bond acceptors (Lipinski definition) is 2. The predicted molar refractivity (Wildman–Crippen MR) is 78.8 cm³/mol. The molecule has 0 bridgehead atoms. The van der Waals surface area contributed by atoms with Crippen molar-refractivity contribution in [3.63, 3.8) is 0 Å². The third kappa shape index (κ3) is 3.15. The number of carbonyl (C=O) groups is 1. The number of nitrogens with one attached hydrogen (secondary N) is 1. The maximum Gasteiger partial charge on any atom is 0.251 e. The predicted octanol–water partition coefficient (Wildman–Crippen LogP) is 1.93. The standard InChI is InChI=1S/C16H18N2O2/c1-11-4-5-14(12(2)8-11)10-17-16(20)13-6-7-18(3)15(19)9-13/h4-9H,10H2,1-3H3,(H,17,20). The fraction of sp³-hybridized carbons (Fsp3) is 0.250. The number of aryl methyl sites for hydroxylation is 3. The molecule has 4 heteroatoms. The van der Waals surface area contributed by atoms with Crippen LogP contribution in [0.2, 0.25) is 0 Å². The van der Waals surface area contributed by atoms with Gasteiger partial charge in [0.15, 0.2) is 0 Å². The quantitative estimate of drug-likeness (QED) is 0.926. The molecule has 0 atom stereocenters. The Morgan fingerprint density at radius 2 is 1.95 bits per heavy atom. The van der Waals surface area contributed by atoms with E-state index >= 15 is 0 Å². The third-order valence-corrected chi connectivity index (χ3v) is 3.30. The van der Waals surface area contributed by atoms with Gasteiger partial charge in [-0.05, 0) is 31.0 Å². The fourth-order valence-corrected chi connectivity index (χ4v) is 2.01. The third-order valence-electron chi connectivity index (χ3n) is 3.30. The van der Waals surface area contributed by atoms with Gasteiger partial charge >= 0.3 is 0 Å². The molecule has 0 aliphatic carbocycles. The molecule has 1 aromatic heterocycles. The van der Waals surface area contributed by atoms with Crippen molar-refractivity contribution in [2.75, 3.05) is 0 Å². The van der Waals surface area contributed by atoms with Gasteiger partial charge < -0.3 is 9.88 Å². The number of amides is 1. The monoisotopic (exact) mass is 270 g/mol. The van der Waals surface area contributed by atoms with Crippen molar-refractivity contribution >= 4 is 5.91 Å². The SMILES string of the molecule is Cc1ccc(CNC(=O)c2ccn(C)c(=O)c2)c(C)c1. The second-order valence-electron chi connectivity index (χ2n) is 4.98. The summed E-state index contributed by atoms with van der Waals surface area (Å²) < 4.78 is 1.43. The van der Waals surface area contributed by atoms with Crippen molar-refractivity contribution in [2.45, 2.75) is 20.4 Å². The van der Waals surface area contributed by atoms with E-state index in [1.165, 1.54) is 16.2 Å². The molecule has 1 aromatic carbocycles. The number of nitrogens with zero attached hydrogens (tertiary/aromatic N) is 1. The van der Waals surface area contributed by atoms with Crippen LogP contribution in [0.1, 0.15) is 27.0 Å². The van der Waals surface area contributed by atoms with E-state index < -0.39 is 0 Å². The molecular formula is C16H18N2O2. The lowest BCUT2D eigenvalue weighted by molar-refractivity contribution is 0.0950. The highest BCUT2D eigenvalue weighted by Crippen LogP contribution is 2.10.